The van der Waals surface area contributed by atoms with E-state index in [-0.39, 0.29) is 21.5 Å². The average molecular weight is 336 g/mol. The molecule has 0 atom stereocenters. The molecule has 10 heteroatoms. The second-order valence-electron chi connectivity index (χ2n) is 4.46. The highest BCUT2D eigenvalue weighted by Gasteiger charge is 2.16. The third-order valence-corrected chi connectivity index (χ3v) is 3.73. The number of allylic oxidation sites excluding steroid dienone is 1. The summed E-state index contributed by atoms with van der Waals surface area (Å²) in [6, 6.07) is 5.32. The minimum atomic E-state index is -4.44. The summed E-state index contributed by atoms with van der Waals surface area (Å²) in [5.74, 6) is -1.38. The number of aliphatic hydroxyl groups excluding tert-OH is 1. The van der Waals surface area contributed by atoms with Crippen molar-refractivity contribution >= 4 is 32.6 Å². The lowest BCUT2D eigenvalue weighted by Crippen LogP contribution is -2.13. The number of pyridine rings is 1. The number of fused-ring (bicyclic) bond motifs is 1. The number of carbonyl (C=O) groups excluding carboxylic acids is 1. The molecule has 4 N–H and O–H groups in total. The fourth-order valence-corrected chi connectivity index (χ4v) is 2.52. The minimum Gasteiger partial charge on any atom is -0.510 e. The van der Waals surface area contributed by atoms with Crippen molar-refractivity contribution in [3.8, 4) is 0 Å². The maximum absolute atomic E-state index is 11.4. The Labute approximate surface area is 130 Å². The molecule has 120 valence electrons. The van der Waals surface area contributed by atoms with Crippen LogP contribution in [0.25, 0.3) is 10.9 Å². The first-order chi connectivity index (χ1) is 10.7. The number of aromatic nitrogens is 1. The summed E-state index contributed by atoms with van der Waals surface area (Å²) >= 11 is 0. The molecule has 1 heterocycles. The lowest BCUT2D eigenvalue weighted by Gasteiger charge is -2.05. The van der Waals surface area contributed by atoms with Gasteiger partial charge in [-0.3, -0.25) is 14.3 Å². The molecule has 1 aromatic carbocycles. The van der Waals surface area contributed by atoms with Gasteiger partial charge in [0.15, 0.2) is 5.70 Å². The van der Waals surface area contributed by atoms with Gasteiger partial charge in [0.25, 0.3) is 16.0 Å². The van der Waals surface area contributed by atoms with Crippen molar-refractivity contribution < 1.29 is 22.9 Å². The quantitative estimate of drug-likeness (QED) is 0.335. The number of hydrogen-bond acceptors (Lipinski definition) is 7. The van der Waals surface area contributed by atoms with Crippen LogP contribution in [0.2, 0.25) is 0 Å². The van der Waals surface area contributed by atoms with Gasteiger partial charge in [-0.15, -0.1) is 10.2 Å². The number of rotatable bonds is 4. The van der Waals surface area contributed by atoms with E-state index in [1.54, 1.807) is 0 Å². The van der Waals surface area contributed by atoms with Gasteiger partial charge in [-0.1, -0.05) is 0 Å². The number of azo groups is 1. The van der Waals surface area contributed by atoms with Crippen LogP contribution in [-0.2, 0) is 14.9 Å². The third-order valence-electron chi connectivity index (χ3n) is 2.82. The van der Waals surface area contributed by atoms with Gasteiger partial charge in [0.1, 0.15) is 16.3 Å². The molecule has 0 spiro atoms. The second kappa shape index (κ2) is 6.10. The monoisotopic (exact) mass is 336 g/mol. The molecule has 23 heavy (non-hydrogen) atoms. The Bertz CT molecular complexity index is 946. The van der Waals surface area contributed by atoms with Crippen molar-refractivity contribution in [2.45, 2.75) is 11.8 Å². The Morgan fingerprint density at radius 2 is 2.00 bits per heavy atom. The summed E-state index contributed by atoms with van der Waals surface area (Å²) in [4.78, 5) is 14.8. The van der Waals surface area contributed by atoms with Crippen LogP contribution >= 0.6 is 0 Å². The maximum atomic E-state index is 11.4. The number of nitrogens with two attached hydrogens (primary N) is 1. The molecule has 0 unspecified atom stereocenters. The molecule has 2 rings (SSSR count). The summed E-state index contributed by atoms with van der Waals surface area (Å²) in [6.45, 7) is 1.22. The molecule has 0 bridgehead atoms. The second-order valence-corrected chi connectivity index (χ2v) is 5.85. The van der Waals surface area contributed by atoms with E-state index in [1.807, 2.05) is 0 Å². The van der Waals surface area contributed by atoms with E-state index >= 15 is 0 Å². The predicted octanol–water partition coefficient (Wildman–Crippen LogP) is 1.84. The largest absolute Gasteiger partial charge is 0.510 e. The molecule has 0 aliphatic rings. The van der Waals surface area contributed by atoms with E-state index in [0.29, 0.717) is 0 Å². The predicted molar refractivity (Wildman–Crippen MR) is 80.6 cm³/mol. The number of aliphatic hydroxyl groups is 1. The molecule has 0 saturated heterocycles. The Morgan fingerprint density at radius 1 is 1.30 bits per heavy atom. The lowest BCUT2D eigenvalue weighted by atomic mass is 10.2. The van der Waals surface area contributed by atoms with Crippen LogP contribution < -0.4 is 5.73 Å². The van der Waals surface area contributed by atoms with Crippen molar-refractivity contribution in [3.05, 3.63) is 41.9 Å². The zero-order chi connectivity index (χ0) is 17.2. The van der Waals surface area contributed by atoms with Gasteiger partial charge in [0.2, 0.25) is 0 Å². The maximum Gasteiger partial charge on any atom is 0.295 e. The Kier molecular flexibility index (Phi) is 4.38. The molecule has 0 saturated carbocycles. The zero-order valence-corrected chi connectivity index (χ0v) is 12.6. The molecule has 0 aliphatic carbocycles. The highest BCUT2D eigenvalue weighted by Crippen LogP contribution is 2.30. The third kappa shape index (κ3) is 3.49. The van der Waals surface area contributed by atoms with Gasteiger partial charge in [-0.2, -0.15) is 8.42 Å². The molecular formula is C13H12N4O5S. The molecule has 1 aromatic heterocycles. The first-order valence-electron chi connectivity index (χ1n) is 6.18. The number of amides is 1. The highest BCUT2D eigenvalue weighted by atomic mass is 32.2. The number of primary amides is 1. The van der Waals surface area contributed by atoms with E-state index in [2.05, 4.69) is 15.2 Å². The molecule has 0 radical (unpaired) electrons. The van der Waals surface area contributed by atoms with Crippen LogP contribution in [0.1, 0.15) is 6.92 Å². The van der Waals surface area contributed by atoms with E-state index in [0.717, 1.165) is 6.07 Å². The van der Waals surface area contributed by atoms with E-state index in [1.165, 1.54) is 31.3 Å². The first-order valence-corrected chi connectivity index (χ1v) is 7.62. The summed E-state index contributed by atoms with van der Waals surface area (Å²) in [5.41, 5.74) is 4.90. The van der Waals surface area contributed by atoms with Crippen molar-refractivity contribution in [2.24, 2.45) is 16.0 Å². The van der Waals surface area contributed by atoms with Crippen LogP contribution in [0.4, 0.5) is 5.69 Å². The molecule has 2 aromatic rings. The number of carbonyl (C=O) groups is 1. The van der Waals surface area contributed by atoms with Crippen molar-refractivity contribution in [1.29, 1.82) is 0 Å². The number of benzene rings is 1. The lowest BCUT2D eigenvalue weighted by molar-refractivity contribution is -0.114. The Morgan fingerprint density at radius 3 is 2.57 bits per heavy atom. The molecule has 0 fully saturated rings. The molecule has 1 amide bonds. The van der Waals surface area contributed by atoms with Crippen LogP contribution in [0.5, 0.6) is 0 Å². The fraction of sp³-hybridized carbons (Fsp3) is 0.0769. The fourth-order valence-electron chi connectivity index (χ4n) is 1.84. The zero-order valence-electron chi connectivity index (χ0n) is 11.8. The molecule has 9 nitrogen and oxygen atoms in total. The Hall–Kier alpha value is -2.85. The van der Waals surface area contributed by atoms with Crippen LogP contribution in [0, 0.1) is 0 Å². The number of nitrogens with zero attached hydrogens (tertiary/aromatic N) is 3. The summed E-state index contributed by atoms with van der Waals surface area (Å²) in [6.07, 6.45) is 1.40. The van der Waals surface area contributed by atoms with Gasteiger partial charge in [-0.05, 0) is 31.2 Å². The van der Waals surface area contributed by atoms with E-state index in [4.69, 9.17) is 5.73 Å². The molecule has 0 aliphatic heterocycles. The number of hydrogen-bond donors (Lipinski definition) is 3. The van der Waals surface area contributed by atoms with Gasteiger partial charge >= 0.3 is 0 Å². The topological polar surface area (TPSA) is 155 Å². The SMILES string of the molecule is C/C(O)=C(/N=Nc1ccc(S(=O)(=O)O)c2cccnc12)C(N)=O. The minimum absolute atomic E-state index is 0.132. The Balaban J connectivity index is 2.66. The van der Waals surface area contributed by atoms with Crippen LogP contribution in [0.3, 0.4) is 0 Å². The summed E-state index contributed by atoms with van der Waals surface area (Å²) in [5, 5.41) is 16.8. The van der Waals surface area contributed by atoms with Crippen molar-refractivity contribution in [1.82, 2.24) is 4.98 Å². The van der Waals surface area contributed by atoms with E-state index < -0.39 is 27.5 Å². The van der Waals surface area contributed by atoms with Crippen LogP contribution in [-0.4, -0.2) is 29.0 Å². The van der Waals surface area contributed by atoms with Crippen LogP contribution in [0.15, 0.2) is 57.0 Å². The molecular weight excluding hydrogens is 324 g/mol. The van der Waals surface area contributed by atoms with Gasteiger partial charge < -0.3 is 10.8 Å². The normalized spacial score (nSPS) is 13.3. The average Bonchev–Trinajstić information content (AvgIpc) is 2.45. The highest BCUT2D eigenvalue weighted by molar-refractivity contribution is 7.86. The summed E-state index contributed by atoms with van der Waals surface area (Å²) in [7, 11) is -4.44. The smallest absolute Gasteiger partial charge is 0.295 e. The van der Waals surface area contributed by atoms with Crippen molar-refractivity contribution in [2.75, 3.05) is 0 Å². The standard InChI is InChI=1S/C13H12N4O5S/c1-7(18)11(13(14)19)17-16-9-4-5-10(23(20,21)22)8-3-2-6-15-12(8)9/h2-6,18H,1H3,(H2,14,19)(H,20,21,22)/b11-7-,17-16?. The van der Waals surface area contributed by atoms with Gasteiger partial charge in [-0.25, -0.2) is 0 Å². The van der Waals surface area contributed by atoms with Gasteiger partial charge in [0.05, 0.1) is 5.52 Å². The van der Waals surface area contributed by atoms with Crippen molar-refractivity contribution in [3.63, 3.8) is 0 Å². The summed E-state index contributed by atoms with van der Waals surface area (Å²) < 4.78 is 32.0. The van der Waals surface area contributed by atoms with Gasteiger partial charge in [0, 0.05) is 11.6 Å². The first kappa shape index (κ1) is 16.5. The van der Waals surface area contributed by atoms with E-state index in [9.17, 15) is 22.9 Å².